The fourth-order valence-electron chi connectivity index (χ4n) is 1.19. The van der Waals surface area contributed by atoms with Crippen LogP contribution in [0.3, 0.4) is 0 Å². The summed E-state index contributed by atoms with van der Waals surface area (Å²) in [6.45, 7) is 2.20. The fraction of sp³-hybridized carbons (Fsp3) is 0.364. The Morgan fingerprint density at radius 3 is 2.87 bits per heavy atom. The first-order valence-electron chi connectivity index (χ1n) is 4.76. The molecule has 1 aromatic rings. The van der Waals surface area contributed by atoms with E-state index in [0.29, 0.717) is 19.4 Å². The lowest BCUT2D eigenvalue weighted by atomic mass is 10.1. The van der Waals surface area contributed by atoms with Crippen LogP contribution < -0.4 is 0 Å². The molecule has 0 bridgehead atoms. The molecule has 15 heavy (non-hydrogen) atoms. The second-order valence-electron chi connectivity index (χ2n) is 3.09. The highest BCUT2D eigenvalue weighted by Crippen LogP contribution is 2.21. The Morgan fingerprint density at radius 2 is 2.27 bits per heavy atom. The third-order valence-corrected chi connectivity index (χ3v) is 2.85. The van der Waals surface area contributed by atoms with Crippen LogP contribution in [0, 0.1) is 3.57 Å². The van der Waals surface area contributed by atoms with Gasteiger partial charge in [-0.3, -0.25) is 4.79 Å². The lowest BCUT2D eigenvalue weighted by Crippen LogP contribution is -2.05. The van der Waals surface area contributed by atoms with Crippen LogP contribution >= 0.6 is 22.6 Å². The van der Waals surface area contributed by atoms with Gasteiger partial charge in [-0.1, -0.05) is 6.07 Å². The van der Waals surface area contributed by atoms with Crippen molar-refractivity contribution < 1.29 is 14.6 Å². The Kier molecular flexibility index (Phi) is 4.87. The Balaban J connectivity index is 2.51. The topological polar surface area (TPSA) is 46.5 Å². The largest absolute Gasteiger partial charge is 0.507 e. The van der Waals surface area contributed by atoms with Crippen molar-refractivity contribution in [1.29, 1.82) is 0 Å². The highest BCUT2D eigenvalue weighted by molar-refractivity contribution is 14.1. The molecule has 0 fully saturated rings. The lowest BCUT2D eigenvalue weighted by molar-refractivity contribution is -0.143. The number of halogens is 1. The minimum Gasteiger partial charge on any atom is -0.507 e. The average Bonchev–Trinajstić information content (AvgIpc) is 2.20. The molecule has 0 amide bonds. The molecule has 0 unspecified atom stereocenters. The van der Waals surface area contributed by atoms with E-state index >= 15 is 0 Å². The van der Waals surface area contributed by atoms with Crippen molar-refractivity contribution in [3.8, 4) is 5.75 Å². The predicted molar refractivity (Wildman–Crippen MR) is 65.8 cm³/mol. The number of rotatable bonds is 4. The number of phenols is 1. The van der Waals surface area contributed by atoms with E-state index in [1.807, 2.05) is 12.1 Å². The summed E-state index contributed by atoms with van der Waals surface area (Å²) < 4.78 is 5.63. The summed E-state index contributed by atoms with van der Waals surface area (Å²) in [4.78, 5) is 11.1. The van der Waals surface area contributed by atoms with Gasteiger partial charge in [0, 0.05) is 6.42 Å². The van der Waals surface area contributed by atoms with Crippen LogP contribution in [-0.2, 0) is 16.0 Å². The molecule has 0 spiro atoms. The van der Waals surface area contributed by atoms with Crippen LogP contribution in [0.1, 0.15) is 18.9 Å². The van der Waals surface area contributed by atoms with Gasteiger partial charge in [-0.15, -0.1) is 0 Å². The number of phenolic OH excluding ortho intramolecular Hbond substituents is 1. The van der Waals surface area contributed by atoms with Crippen LogP contribution in [-0.4, -0.2) is 17.7 Å². The van der Waals surface area contributed by atoms with Crippen molar-refractivity contribution >= 4 is 28.6 Å². The van der Waals surface area contributed by atoms with Crippen molar-refractivity contribution in [2.75, 3.05) is 6.61 Å². The number of esters is 1. The summed E-state index contributed by atoms with van der Waals surface area (Å²) in [5, 5.41) is 9.45. The zero-order chi connectivity index (χ0) is 11.3. The third kappa shape index (κ3) is 4.07. The van der Waals surface area contributed by atoms with Gasteiger partial charge in [0.05, 0.1) is 10.2 Å². The van der Waals surface area contributed by atoms with Crippen LogP contribution in [0.2, 0.25) is 0 Å². The van der Waals surface area contributed by atoms with Crippen LogP contribution in [0.4, 0.5) is 0 Å². The molecular formula is C11H13IO3. The van der Waals surface area contributed by atoms with E-state index in [4.69, 9.17) is 4.74 Å². The molecule has 0 saturated carbocycles. The van der Waals surface area contributed by atoms with Crippen LogP contribution in [0.5, 0.6) is 5.75 Å². The Hall–Kier alpha value is -0.780. The normalized spacial score (nSPS) is 10.0. The maximum Gasteiger partial charge on any atom is 0.306 e. The number of hydrogen-bond donors (Lipinski definition) is 1. The molecule has 1 aromatic carbocycles. The molecule has 0 saturated heterocycles. The summed E-state index contributed by atoms with van der Waals surface area (Å²) in [6, 6.07) is 5.41. The van der Waals surface area contributed by atoms with Gasteiger partial charge in [0.25, 0.3) is 0 Å². The number of ether oxygens (including phenoxy) is 1. The Bertz CT molecular complexity index is 350. The molecule has 4 heteroatoms. The number of carbonyl (C=O) groups is 1. The van der Waals surface area contributed by atoms with Gasteiger partial charge in [0.1, 0.15) is 5.75 Å². The van der Waals surface area contributed by atoms with Crippen molar-refractivity contribution in [2.24, 2.45) is 0 Å². The average molecular weight is 320 g/mol. The number of benzene rings is 1. The monoisotopic (exact) mass is 320 g/mol. The highest BCUT2D eigenvalue weighted by Gasteiger charge is 2.04. The quantitative estimate of drug-likeness (QED) is 0.685. The van der Waals surface area contributed by atoms with Gasteiger partial charge < -0.3 is 9.84 Å². The molecule has 1 rings (SSSR count). The standard InChI is InChI=1S/C11H13IO3/c1-2-15-11(14)6-4-8-3-5-9(12)10(13)7-8/h3,5,7,13H,2,4,6H2,1H3. The second kappa shape index (κ2) is 5.95. The lowest BCUT2D eigenvalue weighted by Gasteiger charge is -2.03. The molecule has 0 aromatic heterocycles. The number of aromatic hydroxyl groups is 1. The maximum absolute atomic E-state index is 11.1. The van der Waals surface area contributed by atoms with Crippen molar-refractivity contribution in [3.05, 3.63) is 27.3 Å². The second-order valence-corrected chi connectivity index (χ2v) is 4.25. The molecule has 0 radical (unpaired) electrons. The summed E-state index contributed by atoms with van der Waals surface area (Å²) in [5.41, 5.74) is 0.945. The Labute approximate surface area is 103 Å². The van der Waals surface area contributed by atoms with E-state index in [-0.39, 0.29) is 11.7 Å². The van der Waals surface area contributed by atoms with E-state index in [1.165, 1.54) is 0 Å². The fourth-order valence-corrected chi connectivity index (χ4v) is 1.53. The molecule has 0 aliphatic heterocycles. The molecule has 0 heterocycles. The van der Waals surface area contributed by atoms with Gasteiger partial charge in [-0.25, -0.2) is 0 Å². The first-order valence-corrected chi connectivity index (χ1v) is 5.84. The highest BCUT2D eigenvalue weighted by atomic mass is 127. The molecule has 82 valence electrons. The first kappa shape index (κ1) is 12.3. The number of aryl methyl sites for hydroxylation is 1. The summed E-state index contributed by atoms with van der Waals surface area (Å²) in [7, 11) is 0. The molecule has 3 nitrogen and oxygen atoms in total. The van der Waals surface area contributed by atoms with Crippen molar-refractivity contribution in [1.82, 2.24) is 0 Å². The minimum atomic E-state index is -0.199. The van der Waals surface area contributed by atoms with Crippen LogP contribution in [0.15, 0.2) is 18.2 Å². The van der Waals surface area contributed by atoms with Gasteiger partial charge in [0.15, 0.2) is 0 Å². The molecular weight excluding hydrogens is 307 g/mol. The van der Waals surface area contributed by atoms with Crippen molar-refractivity contribution in [2.45, 2.75) is 19.8 Å². The smallest absolute Gasteiger partial charge is 0.306 e. The summed E-state index contributed by atoms with van der Waals surface area (Å²) in [6.07, 6.45) is 0.956. The summed E-state index contributed by atoms with van der Waals surface area (Å²) in [5.74, 6) is 0.0625. The van der Waals surface area contributed by atoms with Gasteiger partial charge in [-0.05, 0) is 53.6 Å². The molecule has 0 aliphatic rings. The number of carbonyl (C=O) groups excluding carboxylic acids is 1. The molecule has 1 N–H and O–H groups in total. The predicted octanol–water partition coefficient (Wildman–Crippen LogP) is 2.49. The van der Waals surface area contributed by atoms with E-state index in [1.54, 1.807) is 13.0 Å². The first-order chi connectivity index (χ1) is 7.13. The van der Waals surface area contributed by atoms with Crippen molar-refractivity contribution in [3.63, 3.8) is 0 Å². The molecule has 0 atom stereocenters. The third-order valence-electron chi connectivity index (χ3n) is 1.93. The summed E-state index contributed by atoms with van der Waals surface area (Å²) >= 11 is 2.05. The van der Waals surface area contributed by atoms with E-state index in [9.17, 15) is 9.90 Å². The minimum absolute atomic E-state index is 0.199. The van der Waals surface area contributed by atoms with Gasteiger partial charge in [-0.2, -0.15) is 0 Å². The zero-order valence-corrected chi connectivity index (χ0v) is 10.7. The van der Waals surface area contributed by atoms with E-state index in [2.05, 4.69) is 22.6 Å². The maximum atomic E-state index is 11.1. The van der Waals surface area contributed by atoms with Crippen LogP contribution in [0.25, 0.3) is 0 Å². The van der Waals surface area contributed by atoms with E-state index in [0.717, 1.165) is 9.13 Å². The zero-order valence-electron chi connectivity index (χ0n) is 8.50. The van der Waals surface area contributed by atoms with E-state index < -0.39 is 0 Å². The number of hydrogen-bond acceptors (Lipinski definition) is 3. The Morgan fingerprint density at radius 1 is 1.53 bits per heavy atom. The molecule has 0 aliphatic carbocycles. The van der Waals surface area contributed by atoms with Gasteiger partial charge >= 0.3 is 5.97 Å². The SMILES string of the molecule is CCOC(=O)CCc1ccc(I)c(O)c1. The van der Waals surface area contributed by atoms with Gasteiger partial charge in [0.2, 0.25) is 0 Å².